The van der Waals surface area contributed by atoms with Crippen LogP contribution in [-0.4, -0.2) is 24.5 Å². The summed E-state index contributed by atoms with van der Waals surface area (Å²) < 4.78 is 26.5. The maximum Gasteiger partial charge on any atom is 0.278 e. The van der Waals surface area contributed by atoms with E-state index in [1.165, 1.54) is 24.4 Å². The van der Waals surface area contributed by atoms with Gasteiger partial charge in [0.25, 0.3) is 10.0 Å². The first-order valence-corrected chi connectivity index (χ1v) is 7.90. The molecule has 0 saturated heterocycles. The molecule has 2 rings (SSSR count). The molecule has 0 bridgehead atoms. The van der Waals surface area contributed by atoms with Crippen molar-refractivity contribution in [3.8, 4) is 0 Å². The minimum Gasteiger partial charge on any atom is -0.326 e. The third kappa shape index (κ3) is 3.73. The Labute approximate surface area is 126 Å². The van der Waals surface area contributed by atoms with Gasteiger partial charge in [-0.05, 0) is 24.3 Å². The van der Waals surface area contributed by atoms with Crippen molar-refractivity contribution in [3.63, 3.8) is 0 Å². The highest BCUT2D eigenvalue weighted by Gasteiger charge is 2.17. The fourth-order valence-electron chi connectivity index (χ4n) is 1.52. The maximum atomic E-state index is 12.1. The molecule has 3 N–H and O–H groups in total. The lowest BCUT2D eigenvalue weighted by Crippen LogP contribution is -2.14. The van der Waals surface area contributed by atoms with Crippen LogP contribution in [0, 0.1) is 0 Å². The third-order valence-electron chi connectivity index (χ3n) is 2.58. The van der Waals surface area contributed by atoms with Gasteiger partial charge in [0, 0.05) is 12.1 Å². The zero-order valence-electron chi connectivity index (χ0n) is 11.1. The van der Waals surface area contributed by atoms with Gasteiger partial charge >= 0.3 is 0 Å². The average Bonchev–Trinajstić information content (AvgIpc) is 2.97. The minimum atomic E-state index is -3.81. The molecule has 0 radical (unpaired) electrons. The predicted molar refractivity (Wildman–Crippen MR) is 79.8 cm³/mol. The maximum absolute atomic E-state index is 12.1. The molecule has 0 saturated carbocycles. The van der Waals surface area contributed by atoms with E-state index in [4.69, 9.17) is 11.6 Å². The van der Waals surface area contributed by atoms with E-state index in [-0.39, 0.29) is 21.6 Å². The van der Waals surface area contributed by atoms with Gasteiger partial charge < -0.3 is 5.32 Å². The van der Waals surface area contributed by atoms with Crippen LogP contribution in [0.25, 0.3) is 0 Å². The molecule has 0 unspecified atom stereocenters. The number of aromatic amines is 1. The Morgan fingerprint density at radius 3 is 2.76 bits per heavy atom. The van der Waals surface area contributed by atoms with Gasteiger partial charge in [-0.15, -0.1) is 0 Å². The summed E-state index contributed by atoms with van der Waals surface area (Å²) in [4.78, 5) is 11.4. The number of halogens is 1. The van der Waals surface area contributed by atoms with Gasteiger partial charge in [-0.25, -0.2) is 0 Å². The SMILES string of the molecule is CCC(=O)Nc1ccc(Cl)c(NS(=O)(=O)c2ccn[nH]2)c1. The van der Waals surface area contributed by atoms with E-state index in [0.29, 0.717) is 12.1 Å². The topological polar surface area (TPSA) is 104 Å². The van der Waals surface area contributed by atoms with E-state index in [2.05, 4.69) is 20.2 Å². The molecule has 0 spiro atoms. The standard InChI is InChI=1S/C12H13ClN4O3S/c1-2-11(18)15-8-3-4-9(13)10(7-8)17-21(19,20)12-5-6-14-16-12/h3-7,17H,2H2,1H3,(H,14,16)(H,15,18). The summed E-state index contributed by atoms with van der Waals surface area (Å²) in [6.07, 6.45) is 1.64. The van der Waals surface area contributed by atoms with Gasteiger partial charge in [0.05, 0.1) is 16.9 Å². The average molecular weight is 329 g/mol. The van der Waals surface area contributed by atoms with Crippen molar-refractivity contribution in [2.75, 3.05) is 10.0 Å². The van der Waals surface area contributed by atoms with Crippen molar-refractivity contribution in [1.82, 2.24) is 10.2 Å². The van der Waals surface area contributed by atoms with Gasteiger partial charge in [-0.1, -0.05) is 18.5 Å². The smallest absolute Gasteiger partial charge is 0.278 e. The fraction of sp³-hybridized carbons (Fsp3) is 0.167. The normalized spacial score (nSPS) is 11.1. The van der Waals surface area contributed by atoms with Crippen LogP contribution >= 0.6 is 11.6 Å². The first kappa shape index (κ1) is 15.3. The van der Waals surface area contributed by atoms with Crippen LogP contribution in [0.1, 0.15) is 13.3 Å². The lowest BCUT2D eigenvalue weighted by Gasteiger charge is -2.10. The number of sulfonamides is 1. The summed E-state index contributed by atoms with van der Waals surface area (Å²) in [5.74, 6) is -0.181. The van der Waals surface area contributed by atoms with Crippen LogP contribution in [-0.2, 0) is 14.8 Å². The molecule has 9 heteroatoms. The summed E-state index contributed by atoms with van der Waals surface area (Å²) in [5, 5.41) is 8.71. The Balaban J connectivity index is 2.27. The first-order valence-electron chi connectivity index (χ1n) is 6.04. The highest BCUT2D eigenvalue weighted by atomic mass is 35.5. The molecule has 1 aromatic heterocycles. The van der Waals surface area contributed by atoms with Gasteiger partial charge in [0.15, 0.2) is 5.03 Å². The predicted octanol–water partition coefficient (Wildman–Crippen LogP) is 2.21. The molecule has 0 aliphatic carbocycles. The molecule has 1 heterocycles. The Morgan fingerprint density at radius 2 is 2.14 bits per heavy atom. The molecule has 21 heavy (non-hydrogen) atoms. The molecule has 0 aliphatic rings. The molecule has 1 aromatic carbocycles. The number of aromatic nitrogens is 2. The van der Waals surface area contributed by atoms with Crippen molar-refractivity contribution in [2.45, 2.75) is 18.4 Å². The lowest BCUT2D eigenvalue weighted by atomic mass is 10.2. The van der Waals surface area contributed by atoms with Crippen molar-refractivity contribution >= 4 is 38.9 Å². The molecule has 1 amide bonds. The van der Waals surface area contributed by atoms with E-state index in [9.17, 15) is 13.2 Å². The summed E-state index contributed by atoms with van der Waals surface area (Å²) in [6.45, 7) is 1.72. The number of nitrogens with one attached hydrogen (secondary N) is 3. The largest absolute Gasteiger partial charge is 0.326 e. The van der Waals surface area contributed by atoms with Crippen LogP contribution < -0.4 is 10.0 Å². The fourth-order valence-corrected chi connectivity index (χ4v) is 2.73. The lowest BCUT2D eigenvalue weighted by molar-refractivity contribution is -0.115. The highest BCUT2D eigenvalue weighted by molar-refractivity contribution is 7.92. The van der Waals surface area contributed by atoms with E-state index in [1.54, 1.807) is 13.0 Å². The summed E-state index contributed by atoms with van der Waals surface area (Å²) in [7, 11) is -3.81. The summed E-state index contributed by atoms with van der Waals surface area (Å²) >= 11 is 5.97. The minimum absolute atomic E-state index is 0.0819. The molecular weight excluding hydrogens is 316 g/mol. The van der Waals surface area contributed by atoms with Gasteiger partial charge in [-0.2, -0.15) is 13.5 Å². The van der Waals surface area contributed by atoms with Crippen molar-refractivity contribution in [3.05, 3.63) is 35.5 Å². The number of H-pyrrole nitrogens is 1. The monoisotopic (exact) mass is 328 g/mol. The molecule has 7 nitrogen and oxygen atoms in total. The van der Waals surface area contributed by atoms with Crippen LogP contribution in [0.5, 0.6) is 0 Å². The Bertz CT molecular complexity index is 744. The van der Waals surface area contributed by atoms with E-state index in [0.717, 1.165) is 0 Å². The second-order valence-electron chi connectivity index (χ2n) is 4.12. The summed E-state index contributed by atoms with van der Waals surface area (Å²) in [6, 6.07) is 5.85. The van der Waals surface area contributed by atoms with Gasteiger partial charge in [-0.3, -0.25) is 14.6 Å². The number of nitrogens with zero attached hydrogens (tertiary/aromatic N) is 1. The molecule has 112 valence electrons. The number of rotatable bonds is 5. The van der Waals surface area contributed by atoms with Crippen LogP contribution in [0.2, 0.25) is 5.02 Å². The number of carbonyl (C=O) groups excluding carboxylic acids is 1. The van der Waals surface area contributed by atoms with Crippen LogP contribution in [0.15, 0.2) is 35.5 Å². The number of hydrogen-bond acceptors (Lipinski definition) is 4. The van der Waals surface area contributed by atoms with E-state index >= 15 is 0 Å². The molecule has 0 aliphatic heterocycles. The molecular formula is C12H13ClN4O3S. The van der Waals surface area contributed by atoms with E-state index < -0.39 is 10.0 Å². The number of benzene rings is 1. The molecule has 2 aromatic rings. The van der Waals surface area contributed by atoms with Gasteiger partial charge in [0.2, 0.25) is 5.91 Å². The number of amides is 1. The first-order chi connectivity index (χ1) is 9.92. The third-order valence-corrected chi connectivity index (χ3v) is 4.20. The Kier molecular flexibility index (Phi) is 4.49. The molecule has 0 fully saturated rings. The highest BCUT2D eigenvalue weighted by Crippen LogP contribution is 2.27. The zero-order chi connectivity index (χ0) is 15.5. The number of hydrogen-bond donors (Lipinski definition) is 3. The second kappa shape index (κ2) is 6.15. The van der Waals surface area contributed by atoms with Crippen molar-refractivity contribution in [1.29, 1.82) is 0 Å². The number of carbonyl (C=O) groups is 1. The molecule has 0 atom stereocenters. The summed E-state index contributed by atoms with van der Waals surface area (Å²) in [5.41, 5.74) is 0.619. The van der Waals surface area contributed by atoms with Crippen molar-refractivity contribution < 1.29 is 13.2 Å². The second-order valence-corrected chi connectivity index (χ2v) is 6.18. The van der Waals surface area contributed by atoms with Crippen LogP contribution in [0.4, 0.5) is 11.4 Å². The van der Waals surface area contributed by atoms with Gasteiger partial charge in [0.1, 0.15) is 0 Å². The quantitative estimate of drug-likeness (QED) is 0.782. The Hall–Kier alpha value is -2.06. The Morgan fingerprint density at radius 1 is 1.38 bits per heavy atom. The number of anilines is 2. The zero-order valence-corrected chi connectivity index (χ0v) is 12.6. The van der Waals surface area contributed by atoms with Crippen LogP contribution in [0.3, 0.4) is 0 Å². The van der Waals surface area contributed by atoms with E-state index in [1.807, 2.05) is 0 Å². The van der Waals surface area contributed by atoms with Crippen molar-refractivity contribution in [2.24, 2.45) is 0 Å².